The van der Waals surface area contributed by atoms with Crippen molar-refractivity contribution in [2.24, 2.45) is 0 Å². The zero-order chi connectivity index (χ0) is 14.8. The second-order valence-corrected chi connectivity index (χ2v) is 5.40. The van der Waals surface area contributed by atoms with E-state index in [-0.39, 0.29) is 11.4 Å². The van der Waals surface area contributed by atoms with Gasteiger partial charge in [0.05, 0.1) is 5.69 Å². The molecule has 0 bridgehead atoms. The maximum absolute atomic E-state index is 9.25. The van der Waals surface area contributed by atoms with Crippen LogP contribution >= 0.6 is 11.6 Å². The van der Waals surface area contributed by atoms with E-state index in [1.165, 1.54) is 19.2 Å². The van der Waals surface area contributed by atoms with Crippen molar-refractivity contribution < 1.29 is 0 Å². The normalized spacial score (nSPS) is 13.7. The number of hydrogen-bond acceptors (Lipinski definition) is 4. The van der Waals surface area contributed by atoms with Gasteiger partial charge < -0.3 is 5.32 Å². The van der Waals surface area contributed by atoms with E-state index in [1.807, 2.05) is 24.3 Å². The van der Waals surface area contributed by atoms with E-state index in [1.54, 1.807) is 10.6 Å². The van der Waals surface area contributed by atoms with Gasteiger partial charge in [-0.05, 0) is 36.6 Å². The molecule has 21 heavy (non-hydrogen) atoms. The number of nitrogens with zero attached hydrogens (tertiary/aromatic N) is 4. The van der Waals surface area contributed by atoms with Gasteiger partial charge in [-0.2, -0.15) is 10.5 Å². The van der Waals surface area contributed by atoms with Crippen LogP contribution in [0.1, 0.15) is 29.8 Å². The molecule has 0 saturated heterocycles. The van der Waals surface area contributed by atoms with Crippen LogP contribution in [0, 0.1) is 22.7 Å². The lowest BCUT2D eigenvalue weighted by Gasteiger charge is -2.12. The van der Waals surface area contributed by atoms with E-state index < -0.39 is 0 Å². The number of halogens is 1. The van der Waals surface area contributed by atoms with Crippen LogP contribution in [0.5, 0.6) is 0 Å². The van der Waals surface area contributed by atoms with E-state index in [0.717, 1.165) is 11.3 Å². The Morgan fingerprint density at radius 1 is 1.33 bits per heavy atom. The van der Waals surface area contributed by atoms with Crippen molar-refractivity contribution in [2.75, 3.05) is 0 Å². The Morgan fingerprint density at radius 2 is 2.14 bits per heavy atom. The standard InChI is InChI=1S/C15H12ClN5/c16-11-1-4-14(10(5-11)8-19-12-2-3-12)21-9-20-13(6-17)15(21)7-18/h1,4-5,9,12,19H,2-3,8H2. The molecule has 1 aliphatic carbocycles. The Morgan fingerprint density at radius 3 is 2.81 bits per heavy atom. The fourth-order valence-electron chi connectivity index (χ4n) is 2.19. The van der Waals surface area contributed by atoms with Crippen molar-refractivity contribution in [3.8, 4) is 17.8 Å². The third-order valence-corrected chi connectivity index (χ3v) is 3.67. The SMILES string of the molecule is N#Cc1ncn(-c2ccc(Cl)cc2CNC2CC2)c1C#N. The summed E-state index contributed by atoms with van der Waals surface area (Å²) >= 11 is 6.07. The molecule has 5 nitrogen and oxygen atoms in total. The number of benzene rings is 1. The van der Waals surface area contributed by atoms with Crippen molar-refractivity contribution in [3.05, 3.63) is 46.5 Å². The van der Waals surface area contributed by atoms with Crippen LogP contribution in [-0.4, -0.2) is 15.6 Å². The molecule has 1 heterocycles. The molecule has 3 rings (SSSR count). The molecule has 1 fully saturated rings. The number of nitriles is 2. The highest BCUT2D eigenvalue weighted by Crippen LogP contribution is 2.24. The molecule has 0 atom stereocenters. The summed E-state index contributed by atoms with van der Waals surface area (Å²) in [5.41, 5.74) is 2.17. The highest BCUT2D eigenvalue weighted by Gasteiger charge is 2.21. The quantitative estimate of drug-likeness (QED) is 0.940. The lowest BCUT2D eigenvalue weighted by atomic mass is 10.1. The second-order valence-electron chi connectivity index (χ2n) is 4.96. The molecule has 1 aromatic heterocycles. The molecule has 0 radical (unpaired) electrons. The Bertz CT molecular complexity index is 761. The van der Waals surface area contributed by atoms with Gasteiger partial charge in [0.15, 0.2) is 11.4 Å². The summed E-state index contributed by atoms with van der Waals surface area (Å²) in [6, 6.07) is 10.0. The molecule has 104 valence electrons. The Labute approximate surface area is 127 Å². The summed E-state index contributed by atoms with van der Waals surface area (Å²) in [5, 5.41) is 22.3. The first-order chi connectivity index (χ1) is 10.2. The highest BCUT2D eigenvalue weighted by atomic mass is 35.5. The fraction of sp³-hybridized carbons (Fsp3) is 0.267. The zero-order valence-electron chi connectivity index (χ0n) is 11.2. The Kier molecular flexibility index (Phi) is 3.62. The molecule has 1 N–H and O–H groups in total. The van der Waals surface area contributed by atoms with Gasteiger partial charge in [-0.1, -0.05) is 11.6 Å². The topological polar surface area (TPSA) is 77.4 Å². The lowest BCUT2D eigenvalue weighted by Crippen LogP contribution is -2.17. The zero-order valence-corrected chi connectivity index (χ0v) is 11.9. The average molecular weight is 298 g/mol. The number of imidazole rings is 1. The minimum absolute atomic E-state index is 0.133. The van der Waals surface area contributed by atoms with Gasteiger partial charge >= 0.3 is 0 Å². The van der Waals surface area contributed by atoms with Gasteiger partial charge in [0.1, 0.15) is 18.5 Å². The first-order valence-electron chi connectivity index (χ1n) is 6.62. The summed E-state index contributed by atoms with van der Waals surface area (Å²) in [6.07, 6.45) is 3.90. The summed E-state index contributed by atoms with van der Waals surface area (Å²) in [7, 11) is 0. The van der Waals surface area contributed by atoms with E-state index in [9.17, 15) is 5.26 Å². The fourth-order valence-corrected chi connectivity index (χ4v) is 2.39. The highest BCUT2D eigenvalue weighted by molar-refractivity contribution is 6.30. The summed E-state index contributed by atoms with van der Waals surface area (Å²) in [4.78, 5) is 3.98. The van der Waals surface area contributed by atoms with E-state index in [2.05, 4.69) is 10.3 Å². The summed E-state index contributed by atoms with van der Waals surface area (Å²) < 4.78 is 1.64. The van der Waals surface area contributed by atoms with Crippen molar-refractivity contribution in [3.63, 3.8) is 0 Å². The number of nitrogens with one attached hydrogen (secondary N) is 1. The summed E-state index contributed by atoms with van der Waals surface area (Å²) in [5.74, 6) is 0. The molecule has 0 unspecified atom stereocenters. The van der Waals surface area contributed by atoms with Gasteiger partial charge in [0.25, 0.3) is 0 Å². The van der Waals surface area contributed by atoms with Crippen molar-refractivity contribution in [1.82, 2.24) is 14.9 Å². The number of hydrogen-bond donors (Lipinski definition) is 1. The van der Waals surface area contributed by atoms with Crippen molar-refractivity contribution >= 4 is 11.6 Å². The lowest BCUT2D eigenvalue weighted by molar-refractivity contribution is 0.684. The van der Waals surface area contributed by atoms with Gasteiger partial charge in [0, 0.05) is 17.6 Å². The molecule has 6 heteroatoms. The molecule has 2 aromatic rings. The number of rotatable bonds is 4. The molecule has 0 aliphatic heterocycles. The molecule has 1 aliphatic rings. The second kappa shape index (κ2) is 5.57. The van der Waals surface area contributed by atoms with Crippen molar-refractivity contribution in [1.29, 1.82) is 10.5 Å². The molecular weight excluding hydrogens is 286 g/mol. The summed E-state index contributed by atoms with van der Waals surface area (Å²) in [6.45, 7) is 0.672. The van der Waals surface area contributed by atoms with Crippen LogP contribution in [0.2, 0.25) is 5.02 Å². The van der Waals surface area contributed by atoms with Gasteiger partial charge in [0.2, 0.25) is 0 Å². The first kappa shape index (κ1) is 13.6. The third-order valence-electron chi connectivity index (χ3n) is 3.44. The molecular formula is C15H12ClN5. The van der Waals surface area contributed by atoms with Crippen LogP contribution in [0.3, 0.4) is 0 Å². The minimum atomic E-state index is 0.133. The van der Waals surface area contributed by atoms with Gasteiger partial charge in [-0.3, -0.25) is 4.57 Å². The maximum atomic E-state index is 9.25. The van der Waals surface area contributed by atoms with Crippen LogP contribution in [0.4, 0.5) is 0 Å². The smallest absolute Gasteiger partial charge is 0.177 e. The van der Waals surface area contributed by atoms with E-state index in [4.69, 9.17) is 16.9 Å². The Balaban J connectivity index is 2.03. The minimum Gasteiger partial charge on any atom is -0.310 e. The Hall–Kier alpha value is -2.34. The third kappa shape index (κ3) is 2.75. The predicted octanol–water partition coefficient (Wildman–Crippen LogP) is 2.52. The monoisotopic (exact) mass is 297 g/mol. The molecule has 0 spiro atoms. The first-order valence-corrected chi connectivity index (χ1v) is 7.00. The molecule has 1 aromatic carbocycles. The van der Waals surface area contributed by atoms with Crippen LogP contribution < -0.4 is 5.32 Å². The molecule has 0 amide bonds. The largest absolute Gasteiger partial charge is 0.310 e. The maximum Gasteiger partial charge on any atom is 0.177 e. The van der Waals surface area contributed by atoms with E-state index in [0.29, 0.717) is 17.6 Å². The predicted molar refractivity (Wildman–Crippen MR) is 77.9 cm³/mol. The molecule has 1 saturated carbocycles. The van der Waals surface area contributed by atoms with Crippen LogP contribution in [0.25, 0.3) is 5.69 Å². The van der Waals surface area contributed by atoms with Crippen molar-refractivity contribution in [2.45, 2.75) is 25.4 Å². The van der Waals surface area contributed by atoms with E-state index >= 15 is 0 Å². The van der Waals surface area contributed by atoms with Gasteiger partial charge in [-0.15, -0.1) is 0 Å². The van der Waals surface area contributed by atoms with Crippen LogP contribution in [-0.2, 0) is 6.54 Å². The van der Waals surface area contributed by atoms with Crippen LogP contribution in [0.15, 0.2) is 24.5 Å². The average Bonchev–Trinajstić information content (AvgIpc) is 3.23. The number of aromatic nitrogens is 2. The van der Waals surface area contributed by atoms with Gasteiger partial charge in [-0.25, -0.2) is 4.98 Å².